The molecule has 1 N–H and O–H groups in total. The molecule has 132 valence electrons. The second-order valence-corrected chi connectivity index (χ2v) is 6.23. The van der Waals surface area contributed by atoms with Gasteiger partial charge < -0.3 is 9.80 Å². The van der Waals surface area contributed by atoms with Crippen LogP contribution in [-0.2, 0) is 9.59 Å². The number of nitro benzene ring substituents is 1. The van der Waals surface area contributed by atoms with Gasteiger partial charge in [0.15, 0.2) is 0 Å². The highest BCUT2D eigenvalue weighted by Crippen LogP contribution is 2.31. The van der Waals surface area contributed by atoms with Gasteiger partial charge in [0.2, 0.25) is 12.3 Å². The molecule has 1 fully saturated rings. The maximum atomic E-state index is 11.6. The lowest BCUT2D eigenvalue weighted by Gasteiger charge is -2.33. The number of nitrogens with zero attached hydrogens (tertiary/aromatic N) is 4. The minimum Gasteiger partial charge on any atom is -0.362 e. The summed E-state index contributed by atoms with van der Waals surface area (Å²) in [7, 11) is 0. The fourth-order valence-electron chi connectivity index (χ4n) is 3.17. The molecule has 1 aromatic rings. The van der Waals surface area contributed by atoms with Crippen molar-refractivity contribution in [1.82, 2.24) is 10.3 Å². The number of carbonyl (C=O) groups excluding carboxylic acids is 2. The van der Waals surface area contributed by atoms with Crippen LogP contribution in [-0.4, -0.2) is 54.0 Å². The number of piperazine rings is 1. The highest BCUT2D eigenvalue weighted by molar-refractivity contribution is 6.06. The number of carbonyl (C=O) groups is 2. The summed E-state index contributed by atoms with van der Waals surface area (Å²) >= 11 is 0. The summed E-state index contributed by atoms with van der Waals surface area (Å²) < 4.78 is 0. The van der Waals surface area contributed by atoms with E-state index in [0.29, 0.717) is 49.6 Å². The third-order valence-electron chi connectivity index (χ3n) is 4.53. The van der Waals surface area contributed by atoms with Crippen molar-refractivity contribution in [3.63, 3.8) is 0 Å². The fourth-order valence-corrected chi connectivity index (χ4v) is 3.17. The van der Waals surface area contributed by atoms with E-state index in [4.69, 9.17) is 0 Å². The second kappa shape index (κ2) is 6.88. The molecule has 0 bridgehead atoms. The van der Waals surface area contributed by atoms with Gasteiger partial charge in [0, 0.05) is 50.1 Å². The Hall–Kier alpha value is -2.97. The van der Waals surface area contributed by atoms with E-state index < -0.39 is 4.92 Å². The number of rotatable bonds is 4. The number of benzene rings is 1. The zero-order valence-electron chi connectivity index (χ0n) is 13.8. The van der Waals surface area contributed by atoms with Crippen LogP contribution in [0.25, 0.3) is 0 Å². The molecule has 0 aromatic heterocycles. The van der Waals surface area contributed by atoms with Crippen LogP contribution in [0.3, 0.4) is 0 Å². The van der Waals surface area contributed by atoms with Crippen molar-refractivity contribution in [3.05, 3.63) is 33.9 Å². The fraction of sp³-hybridized carbons (Fsp3) is 0.438. The van der Waals surface area contributed by atoms with Gasteiger partial charge in [-0.15, -0.1) is 0 Å². The van der Waals surface area contributed by atoms with E-state index in [9.17, 15) is 19.7 Å². The quantitative estimate of drug-likeness (QED) is 0.492. The summed E-state index contributed by atoms with van der Waals surface area (Å²) in [5, 5.41) is 15.6. The van der Waals surface area contributed by atoms with E-state index in [1.165, 1.54) is 6.07 Å². The summed E-state index contributed by atoms with van der Waals surface area (Å²) in [6.45, 7) is 4.05. The van der Waals surface area contributed by atoms with Gasteiger partial charge in [-0.2, -0.15) is 5.10 Å². The van der Waals surface area contributed by atoms with Gasteiger partial charge in [0.05, 0.1) is 10.6 Å². The number of nitro groups is 1. The van der Waals surface area contributed by atoms with Crippen molar-refractivity contribution in [2.75, 3.05) is 31.1 Å². The van der Waals surface area contributed by atoms with E-state index in [0.717, 1.165) is 6.41 Å². The first-order chi connectivity index (χ1) is 12.0. The molecule has 9 nitrogen and oxygen atoms in total. The molecular formula is C16H19N5O4. The Morgan fingerprint density at radius 3 is 2.64 bits per heavy atom. The standard InChI is InChI=1S/C16H19N5O4/c1-11-8-15(23)17-18-16(11)12-2-3-13(14(9-12)21(24)25)20-6-4-19(10-22)5-7-20/h2-3,9-11H,4-8H2,1H3,(H,17,23). The van der Waals surface area contributed by atoms with Crippen molar-refractivity contribution < 1.29 is 14.5 Å². The van der Waals surface area contributed by atoms with Crippen LogP contribution in [0.2, 0.25) is 0 Å². The Balaban J connectivity index is 1.90. The molecule has 0 saturated carbocycles. The van der Waals surface area contributed by atoms with Crippen LogP contribution >= 0.6 is 0 Å². The van der Waals surface area contributed by atoms with Gasteiger partial charge in [0.1, 0.15) is 5.69 Å². The Morgan fingerprint density at radius 2 is 2.04 bits per heavy atom. The molecule has 9 heteroatoms. The molecule has 0 aliphatic carbocycles. The summed E-state index contributed by atoms with van der Waals surface area (Å²) in [4.78, 5) is 36.9. The first-order valence-corrected chi connectivity index (χ1v) is 8.09. The van der Waals surface area contributed by atoms with Gasteiger partial charge in [-0.25, -0.2) is 5.43 Å². The van der Waals surface area contributed by atoms with Crippen LogP contribution < -0.4 is 10.3 Å². The van der Waals surface area contributed by atoms with Crippen LogP contribution in [0.5, 0.6) is 0 Å². The molecule has 1 atom stereocenters. The second-order valence-electron chi connectivity index (χ2n) is 6.23. The van der Waals surface area contributed by atoms with Crippen molar-refractivity contribution in [3.8, 4) is 0 Å². The molecular weight excluding hydrogens is 326 g/mol. The SMILES string of the molecule is CC1CC(=O)NN=C1c1ccc(N2CCN(C=O)CC2)c([N+](=O)[O-])c1. The number of hydrogen-bond donors (Lipinski definition) is 1. The van der Waals surface area contributed by atoms with Gasteiger partial charge in [-0.05, 0) is 6.07 Å². The Kier molecular flexibility index (Phi) is 4.64. The summed E-state index contributed by atoms with van der Waals surface area (Å²) in [6.07, 6.45) is 1.10. The molecule has 25 heavy (non-hydrogen) atoms. The van der Waals surface area contributed by atoms with Gasteiger partial charge in [-0.3, -0.25) is 19.7 Å². The molecule has 1 unspecified atom stereocenters. The van der Waals surface area contributed by atoms with E-state index >= 15 is 0 Å². The summed E-state index contributed by atoms with van der Waals surface area (Å²) in [5.74, 6) is -0.259. The topological polar surface area (TPSA) is 108 Å². The predicted molar refractivity (Wildman–Crippen MR) is 91.4 cm³/mol. The van der Waals surface area contributed by atoms with Gasteiger partial charge >= 0.3 is 0 Å². The minimum absolute atomic E-state index is 0.00357. The number of hydrogen-bond acceptors (Lipinski definition) is 6. The third kappa shape index (κ3) is 3.44. The normalized spacial score (nSPS) is 20.8. The third-order valence-corrected chi connectivity index (χ3v) is 4.53. The predicted octanol–water partition coefficient (Wildman–Crippen LogP) is 0.733. The van der Waals surface area contributed by atoms with E-state index in [1.54, 1.807) is 17.0 Å². The monoisotopic (exact) mass is 345 g/mol. The van der Waals surface area contributed by atoms with Crippen molar-refractivity contribution in [2.45, 2.75) is 13.3 Å². The van der Waals surface area contributed by atoms with E-state index in [1.807, 2.05) is 11.8 Å². The zero-order chi connectivity index (χ0) is 18.0. The van der Waals surface area contributed by atoms with Gasteiger partial charge in [-0.1, -0.05) is 13.0 Å². The first kappa shape index (κ1) is 16.9. The average molecular weight is 345 g/mol. The molecule has 3 rings (SSSR count). The molecule has 2 heterocycles. The van der Waals surface area contributed by atoms with Crippen LogP contribution in [0.1, 0.15) is 18.9 Å². The molecule has 1 saturated heterocycles. The average Bonchev–Trinajstić information content (AvgIpc) is 2.61. The lowest BCUT2D eigenvalue weighted by molar-refractivity contribution is -0.384. The largest absolute Gasteiger partial charge is 0.362 e. The zero-order valence-corrected chi connectivity index (χ0v) is 13.8. The first-order valence-electron chi connectivity index (χ1n) is 8.09. The highest BCUT2D eigenvalue weighted by atomic mass is 16.6. The molecule has 0 radical (unpaired) electrons. The molecule has 1 aromatic carbocycles. The number of amides is 2. The van der Waals surface area contributed by atoms with Crippen molar-refractivity contribution in [1.29, 1.82) is 0 Å². The maximum Gasteiger partial charge on any atom is 0.293 e. The van der Waals surface area contributed by atoms with E-state index in [-0.39, 0.29) is 17.5 Å². The Morgan fingerprint density at radius 1 is 1.32 bits per heavy atom. The van der Waals surface area contributed by atoms with Crippen LogP contribution in [0.15, 0.2) is 23.3 Å². The van der Waals surface area contributed by atoms with Crippen molar-refractivity contribution >= 4 is 29.4 Å². The van der Waals surface area contributed by atoms with Crippen LogP contribution in [0, 0.1) is 16.0 Å². The van der Waals surface area contributed by atoms with Gasteiger partial charge in [0.25, 0.3) is 5.69 Å². The summed E-state index contributed by atoms with van der Waals surface area (Å²) in [5.41, 5.74) is 4.24. The minimum atomic E-state index is -0.405. The molecule has 2 amide bonds. The maximum absolute atomic E-state index is 11.6. The number of anilines is 1. The lowest BCUT2D eigenvalue weighted by atomic mass is 9.93. The van der Waals surface area contributed by atoms with E-state index in [2.05, 4.69) is 10.5 Å². The Bertz CT molecular complexity index is 740. The number of hydrazone groups is 1. The molecule has 2 aliphatic heterocycles. The van der Waals surface area contributed by atoms with Crippen molar-refractivity contribution in [2.24, 2.45) is 11.0 Å². The Labute approximate surface area is 144 Å². The molecule has 2 aliphatic rings. The lowest BCUT2D eigenvalue weighted by Crippen LogP contribution is -2.45. The number of nitrogens with one attached hydrogen (secondary N) is 1. The molecule has 0 spiro atoms. The summed E-state index contributed by atoms with van der Waals surface area (Å²) in [6, 6.07) is 5.02. The highest BCUT2D eigenvalue weighted by Gasteiger charge is 2.27. The van der Waals surface area contributed by atoms with Crippen LogP contribution in [0.4, 0.5) is 11.4 Å². The smallest absolute Gasteiger partial charge is 0.293 e.